The van der Waals surface area contributed by atoms with Crippen molar-refractivity contribution in [2.45, 2.75) is 32.2 Å². The minimum atomic E-state index is -3.38. The SMILES string of the molecule is CC1CCCCN1S(=O)(=O)NCCOCCO. The molecule has 1 aliphatic rings. The Kier molecular flexibility index (Phi) is 6.35. The lowest BCUT2D eigenvalue weighted by Crippen LogP contribution is -2.48. The lowest BCUT2D eigenvalue weighted by molar-refractivity contribution is 0.0958. The van der Waals surface area contributed by atoms with Gasteiger partial charge in [0.2, 0.25) is 0 Å². The number of hydrogen-bond acceptors (Lipinski definition) is 4. The predicted octanol–water partition coefficient (Wildman–Crippen LogP) is -0.296. The van der Waals surface area contributed by atoms with Crippen LogP contribution in [0, 0.1) is 0 Å². The molecule has 0 spiro atoms. The zero-order chi connectivity index (χ0) is 12.7. The first-order valence-electron chi connectivity index (χ1n) is 6.03. The van der Waals surface area contributed by atoms with E-state index >= 15 is 0 Å². The minimum Gasteiger partial charge on any atom is -0.394 e. The van der Waals surface area contributed by atoms with Crippen LogP contribution in [0.5, 0.6) is 0 Å². The van der Waals surface area contributed by atoms with Crippen LogP contribution < -0.4 is 4.72 Å². The third-order valence-corrected chi connectivity index (χ3v) is 4.55. The van der Waals surface area contributed by atoms with E-state index < -0.39 is 10.2 Å². The molecule has 0 saturated carbocycles. The Morgan fingerprint density at radius 2 is 2.18 bits per heavy atom. The first-order valence-corrected chi connectivity index (χ1v) is 7.47. The van der Waals surface area contributed by atoms with Crippen molar-refractivity contribution in [1.29, 1.82) is 0 Å². The molecule has 0 aliphatic carbocycles. The number of piperidine rings is 1. The van der Waals surface area contributed by atoms with Crippen LogP contribution in [0.4, 0.5) is 0 Å². The highest BCUT2D eigenvalue weighted by molar-refractivity contribution is 7.87. The van der Waals surface area contributed by atoms with E-state index in [4.69, 9.17) is 9.84 Å². The smallest absolute Gasteiger partial charge is 0.279 e. The number of nitrogens with one attached hydrogen (secondary N) is 1. The number of aliphatic hydroxyl groups excluding tert-OH is 1. The summed E-state index contributed by atoms with van der Waals surface area (Å²) in [5.74, 6) is 0. The average Bonchev–Trinajstić information content (AvgIpc) is 2.29. The van der Waals surface area contributed by atoms with Crippen molar-refractivity contribution in [3.8, 4) is 0 Å². The molecule has 1 heterocycles. The Bertz CT molecular complexity index is 307. The molecule has 1 unspecified atom stereocenters. The van der Waals surface area contributed by atoms with Crippen LogP contribution in [0.25, 0.3) is 0 Å². The molecule has 2 N–H and O–H groups in total. The van der Waals surface area contributed by atoms with Crippen molar-refractivity contribution >= 4 is 10.2 Å². The lowest BCUT2D eigenvalue weighted by atomic mass is 10.1. The molecule has 0 radical (unpaired) electrons. The van der Waals surface area contributed by atoms with Gasteiger partial charge in [-0.25, -0.2) is 0 Å². The molecule has 0 aromatic rings. The molecule has 1 aliphatic heterocycles. The zero-order valence-corrected chi connectivity index (χ0v) is 11.1. The van der Waals surface area contributed by atoms with E-state index in [9.17, 15) is 8.42 Å². The Balaban J connectivity index is 2.34. The van der Waals surface area contributed by atoms with Crippen molar-refractivity contribution in [3.63, 3.8) is 0 Å². The first kappa shape index (κ1) is 14.8. The van der Waals surface area contributed by atoms with Crippen LogP contribution in [-0.2, 0) is 14.9 Å². The molecule has 0 bridgehead atoms. The van der Waals surface area contributed by atoms with E-state index in [1.54, 1.807) is 0 Å². The lowest BCUT2D eigenvalue weighted by Gasteiger charge is -2.32. The summed E-state index contributed by atoms with van der Waals surface area (Å²) in [4.78, 5) is 0. The van der Waals surface area contributed by atoms with E-state index in [1.807, 2.05) is 6.92 Å². The third kappa shape index (κ3) is 4.89. The molecule has 1 rings (SSSR count). The quantitative estimate of drug-likeness (QED) is 0.620. The molecular formula is C10H22N2O4S. The van der Waals surface area contributed by atoms with Gasteiger partial charge in [-0.1, -0.05) is 6.42 Å². The number of ether oxygens (including phenoxy) is 1. The fourth-order valence-electron chi connectivity index (χ4n) is 1.92. The van der Waals surface area contributed by atoms with Crippen LogP contribution in [0.2, 0.25) is 0 Å². The van der Waals surface area contributed by atoms with E-state index in [1.165, 1.54) is 4.31 Å². The zero-order valence-electron chi connectivity index (χ0n) is 10.3. The standard InChI is InChI=1S/C10H22N2O4S/c1-10-4-2-3-6-12(10)17(14,15)11-5-8-16-9-7-13/h10-11,13H,2-9H2,1H3. The van der Waals surface area contributed by atoms with Crippen molar-refractivity contribution < 1.29 is 18.3 Å². The van der Waals surface area contributed by atoms with E-state index in [0.717, 1.165) is 19.3 Å². The van der Waals surface area contributed by atoms with Gasteiger partial charge in [0, 0.05) is 19.1 Å². The number of nitrogens with zero attached hydrogens (tertiary/aromatic N) is 1. The van der Waals surface area contributed by atoms with Crippen LogP contribution in [0.15, 0.2) is 0 Å². The van der Waals surface area contributed by atoms with Crippen molar-refractivity contribution in [1.82, 2.24) is 9.03 Å². The van der Waals surface area contributed by atoms with E-state index in [0.29, 0.717) is 6.54 Å². The highest BCUT2D eigenvalue weighted by Crippen LogP contribution is 2.18. The Morgan fingerprint density at radius 3 is 2.82 bits per heavy atom. The van der Waals surface area contributed by atoms with Crippen LogP contribution in [0.3, 0.4) is 0 Å². The highest BCUT2D eigenvalue weighted by Gasteiger charge is 2.28. The summed E-state index contributed by atoms with van der Waals surface area (Å²) < 4.78 is 32.9. The van der Waals surface area contributed by atoms with Crippen LogP contribution in [0.1, 0.15) is 26.2 Å². The summed E-state index contributed by atoms with van der Waals surface area (Å²) in [7, 11) is -3.38. The summed E-state index contributed by atoms with van der Waals surface area (Å²) in [5.41, 5.74) is 0. The maximum atomic E-state index is 11.9. The molecule has 0 amide bonds. The van der Waals surface area contributed by atoms with Gasteiger partial charge in [-0.15, -0.1) is 0 Å². The summed E-state index contributed by atoms with van der Waals surface area (Å²) in [6, 6.07) is 0.0691. The van der Waals surface area contributed by atoms with Crippen LogP contribution in [-0.4, -0.2) is 56.8 Å². The van der Waals surface area contributed by atoms with Gasteiger partial charge in [0.05, 0.1) is 19.8 Å². The van der Waals surface area contributed by atoms with E-state index in [2.05, 4.69) is 4.72 Å². The molecule has 6 nitrogen and oxygen atoms in total. The Morgan fingerprint density at radius 1 is 1.41 bits per heavy atom. The van der Waals surface area contributed by atoms with Gasteiger partial charge >= 0.3 is 0 Å². The van der Waals surface area contributed by atoms with Gasteiger partial charge in [-0.05, 0) is 19.8 Å². The van der Waals surface area contributed by atoms with Gasteiger partial charge in [-0.3, -0.25) is 0 Å². The average molecular weight is 266 g/mol. The number of hydrogen-bond donors (Lipinski definition) is 2. The minimum absolute atomic E-state index is 0.0457. The second kappa shape index (κ2) is 7.27. The summed E-state index contributed by atoms with van der Waals surface area (Å²) in [6.07, 6.45) is 2.93. The van der Waals surface area contributed by atoms with Crippen LogP contribution >= 0.6 is 0 Å². The van der Waals surface area contributed by atoms with Gasteiger partial charge in [0.25, 0.3) is 10.2 Å². The van der Waals surface area contributed by atoms with Crippen molar-refractivity contribution in [3.05, 3.63) is 0 Å². The first-order chi connectivity index (χ1) is 8.08. The third-order valence-electron chi connectivity index (χ3n) is 2.82. The maximum absolute atomic E-state index is 11.9. The topological polar surface area (TPSA) is 78.9 Å². The Labute approximate surface area is 103 Å². The maximum Gasteiger partial charge on any atom is 0.279 e. The normalized spacial score (nSPS) is 22.8. The fourth-order valence-corrected chi connectivity index (χ4v) is 3.38. The second-order valence-corrected chi connectivity index (χ2v) is 5.90. The molecule has 0 aromatic carbocycles. The number of rotatable bonds is 7. The van der Waals surface area contributed by atoms with Gasteiger partial charge < -0.3 is 9.84 Å². The molecule has 1 fully saturated rings. The van der Waals surface area contributed by atoms with Gasteiger partial charge in [0.1, 0.15) is 0 Å². The highest BCUT2D eigenvalue weighted by atomic mass is 32.2. The second-order valence-electron chi connectivity index (χ2n) is 4.19. The molecule has 1 atom stereocenters. The largest absolute Gasteiger partial charge is 0.394 e. The van der Waals surface area contributed by atoms with Crippen molar-refractivity contribution in [2.75, 3.05) is 32.9 Å². The molecular weight excluding hydrogens is 244 g/mol. The van der Waals surface area contributed by atoms with Crippen molar-refractivity contribution in [2.24, 2.45) is 0 Å². The monoisotopic (exact) mass is 266 g/mol. The molecule has 1 saturated heterocycles. The molecule has 17 heavy (non-hydrogen) atoms. The molecule has 102 valence electrons. The number of aliphatic hydroxyl groups is 1. The fraction of sp³-hybridized carbons (Fsp3) is 1.00. The summed E-state index contributed by atoms with van der Waals surface area (Å²) >= 11 is 0. The summed E-state index contributed by atoms with van der Waals surface area (Å²) in [5, 5.41) is 8.49. The Hall–Kier alpha value is -0.210. The molecule has 0 aromatic heterocycles. The molecule has 7 heteroatoms. The predicted molar refractivity (Wildman–Crippen MR) is 64.8 cm³/mol. The van der Waals surface area contributed by atoms with Gasteiger partial charge in [0.15, 0.2) is 0 Å². The van der Waals surface area contributed by atoms with Gasteiger partial charge in [-0.2, -0.15) is 17.4 Å². The summed E-state index contributed by atoms with van der Waals surface area (Å²) in [6.45, 7) is 3.24. The van der Waals surface area contributed by atoms with E-state index in [-0.39, 0.29) is 32.4 Å².